The fraction of sp³-hybridized carbons (Fsp3) is 0.684. The number of carboxylic acids is 1. The molecule has 0 aliphatic carbocycles. The molecule has 0 radical (unpaired) electrons. The highest BCUT2D eigenvalue weighted by molar-refractivity contribution is 5.89. The summed E-state index contributed by atoms with van der Waals surface area (Å²) < 4.78 is 0. The smallest absolute Gasteiger partial charge is 0.303 e. The second-order valence-corrected chi connectivity index (χ2v) is 7.74. The molecular formula is C19H33N5O5. The number of carbonyl (C=O) groups is 3. The Morgan fingerprint density at radius 3 is 2.45 bits per heavy atom. The molecule has 10 heteroatoms. The number of aromatic amines is 1. The van der Waals surface area contributed by atoms with Crippen molar-refractivity contribution in [2.75, 3.05) is 0 Å². The van der Waals surface area contributed by atoms with Crippen molar-refractivity contribution in [1.29, 1.82) is 0 Å². The number of carboxylic acid groups (broad SMARTS) is 1. The lowest BCUT2D eigenvalue weighted by molar-refractivity contribution is -0.137. The highest BCUT2D eigenvalue weighted by Gasteiger charge is 2.28. The van der Waals surface area contributed by atoms with Crippen LogP contribution in [0.25, 0.3) is 0 Å². The number of nitrogens with two attached hydrogens (primary N) is 1. The summed E-state index contributed by atoms with van der Waals surface area (Å²) in [5, 5.41) is 24.8. The van der Waals surface area contributed by atoms with Crippen molar-refractivity contribution in [3.8, 4) is 0 Å². The van der Waals surface area contributed by atoms with Gasteiger partial charge in [-0.2, -0.15) is 0 Å². The van der Waals surface area contributed by atoms with Crippen molar-refractivity contribution in [2.24, 2.45) is 11.7 Å². The van der Waals surface area contributed by atoms with E-state index in [1.54, 1.807) is 13.1 Å². The summed E-state index contributed by atoms with van der Waals surface area (Å²) >= 11 is 0. The van der Waals surface area contributed by atoms with Crippen LogP contribution in [0.1, 0.15) is 52.1 Å². The van der Waals surface area contributed by atoms with Crippen LogP contribution >= 0.6 is 0 Å². The van der Waals surface area contributed by atoms with E-state index in [-0.39, 0.29) is 25.2 Å². The van der Waals surface area contributed by atoms with E-state index in [1.165, 1.54) is 6.33 Å². The summed E-state index contributed by atoms with van der Waals surface area (Å²) in [6.07, 6.45) is 3.55. The van der Waals surface area contributed by atoms with Gasteiger partial charge in [-0.1, -0.05) is 13.8 Å². The monoisotopic (exact) mass is 411 g/mol. The predicted molar refractivity (Wildman–Crippen MR) is 107 cm³/mol. The minimum absolute atomic E-state index is 0.0304. The highest BCUT2D eigenvalue weighted by Crippen LogP contribution is 2.09. The van der Waals surface area contributed by atoms with E-state index in [0.717, 1.165) is 0 Å². The first kappa shape index (κ1) is 24.6. The number of nitrogens with one attached hydrogen (secondary N) is 3. The fourth-order valence-electron chi connectivity index (χ4n) is 2.97. The van der Waals surface area contributed by atoms with Gasteiger partial charge in [0.05, 0.1) is 18.5 Å². The minimum Gasteiger partial charge on any atom is -0.481 e. The normalized spacial score (nSPS) is 15.5. The molecule has 4 unspecified atom stereocenters. The van der Waals surface area contributed by atoms with Crippen LogP contribution in [-0.4, -0.2) is 62.2 Å². The van der Waals surface area contributed by atoms with Crippen molar-refractivity contribution in [1.82, 2.24) is 20.6 Å². The molecule has 0 aliphatic heterocycles. The quantitative estimate of drug-likeness (QED) is 0.249. The lowest BCUT2D eigenvalue weighted by Gasteiger charge is -2.27. The molecule has 0 aliphatic rings. The molecule has 164 valence electrons. The van der Waals surface area contributed by atoms with Gasteiger partial charge in [-0.05, 0) is 32.1 Å². The van der Waals surface area contributed by atoms with Crippen LogP contribution in [0.2, 0.25) is 0 Å². The minimum atomic E-state index is -0.919. The number of H-pyrrole nitrogens is 1. The molecule has 0 saturated heterocycles. The summed E-state index contributed by atoms with van der Waals surface area (Å²) in [5.74, 6) is -1.76. The maximum atomic E-state index is 12.9. The first-order valence-corrected chi connectivity index (χ1v) is 9.83. The molecule has 1 heterocycles. The summed E-state index contributed by atoms with van der Waals surface area (Å²) in [6.45, 7) is 5.58. The van der Waals surface area contributed by atoms with Crippen molar-refractivity contribution >= 4 is 17.8 Å². The Morgan fingerprint density at radius 1 is 1.24 bits per heavy atom. The van der Waals surface area contributed by atoms with Gasteiger partial charge < -0.3 is 31.6 Å². The molecule has 2 amide bonds. The van der Waals surface area contributed by atoms with Gasteiger partial charge >= 0.3 is 5.97 Å². The zero-order valence-electron chi connectivity index (χ0n) is 17.2. The molecule has 29 heavy (non-hydrogen) atoms. The zero-order valence-corrected chi connectivity index (χ0v) is 17.2. The molecule has 0 aromatic carbocycles. The molecule has 0 saturated carbocycles. The topological polar surface area (TPSA) is 170 Å². The van der Waals surface area contributed by atoms with E-state index in [2.05, 4.69) is 20.6 Å². The number of hydrogen-bond acceptors (Lipinski definition) is 6. The maximum absolute atomic E-state index is 12.9. The Labute approximate surface area is 170 Å². The number of nitrogens with zero attached hydrogens (tertiary/aromatic N) is 1. The summed E-state index contributed by atoms with van der Waals surface area (Å²) in [5.41, 5.74) is 6.13. The predicted octanol–water partition coefficient (Wildman–Crippen LogP) is -0.0691. The lowest BCUT2D eigenvalue weighted by atomic mass is 10.0. The average molecular weight is 412 g/mol. The molecule has 0 bridgehead atoms. The van der Waals surface area contributed by atoms with Crippen molar-refractivity contribution in [3.63, 3.8) is 0 Å². The summed E-state index contributed by atoms with van der Waals surface area (Å²) in [4.78, 5) is 42.1. The molecule has 10 nitrogen and oxygen atoms in total. The van der Waals surface area contributed by atoms with Crippen LogP contribution < -0.4 is 16.4 Å². The van der Waals surface area contributed by atoms with Gasteiger partial charge in [-0.3, -0.25) is 14.4 Å². The third-order valence-electron chi connectivity index (χ3n) is 4.59. The first-order valence-electron chi connectivity index (χ1n) is 9.83. The standard InChI is InChI=1S/C19H33N5O5/c1-11(2)7-14(18(20)28)24-19(29)15(8-13-9-21-10-22-13)23-12(3)16(25)5-4-6-17(26)27/h9-12,14-16,23,25H,4-8H2,1-3H3,(H2,20,28)(H,21,22)(H,24,29)(H,26,27). The van der Waals surface area contributed by atoms with Gasteiger partial charge in [0.15, 0.2) is 0 Å². The van der Waals surface area contributed by atoms with Crippen LogP contribution in [0, 0.1) is 5.92 Å². The Morgan fingerprint density at radius 2 is 1.93 bits per heavy atom. The van der Waals surface area contributed by atoms with Crippen molar-refractivity contribution < 1.29 is 24.6 Å². The highest BCUT2D eigenvalue weighted by atomic mass is 16.4. The largest absolute Gasteiger partial charge is 0.481 e. The molecular weight excluding hydrogens is 378 g/mol. The Kier molecular flexibility index (Phi) is 10.3. The molecule has 1 rings (SSSR count). The molecule has 1 aromatic rings. The van der Waals surface area contributed by atoms with Gasteiger partial charge in [0.25, 0.3) is 0 Å². The number of aliphatic hydroxyl groups excluding tert-OH is 1. The van der Waals surface area contributed by atoms with Crippen LogP contribution in [0.5, 0.6) is 0 Å². The van der Waals surface area contributed by atoms with E-state index in [4.69, 9.17) is 10.8 Å². The Balaban J connectivity index is 2.80. The van der Waals surface area contributed by atoms with Crippen molar-refractivity contribution in [3.05, 3.63) is 18.2 Å². The van der Waals surface area contributed by atoms with Crippen LogP contribution in [0.15, 0.2) is 12.5 Å². The van der Waals surface area contributed by atoms with E-state index in [1.807, 2.05) is 13.8 Å². The number of aromatic nitrogens is 2. The lowest BCUT2D eigenvalue weighted by Crippen LogP contribution is -2.56. The number of primary amides is 1. The third-order valence-corrected chi connectivity index (χ3v) is 4.59. The number of carbonyl (C=O) groups excluding carboxylic acids is 2. The number of amides is 2. The third kappa shape index (κ3) is 9.53. The molecule has 4 atom stereocenters. The van der Waals surface area contributed by atoms with Gasteiger partial charge in [0, 0.05) is 30.8 Å². The van der Waals surface area contributed by atoms with E-state index >= 15 is 0 Å². The summed E-state index contributed by atoms with van der Waals surface area (Å²) in [7, 11) is 0. The molecule has 7 N–H and O–H groups in total. The first-order chi connectivity index (χ1) is 13.6. The van der Waals surface area contributed by atoms with E-state index in [0.29, 0.717) is 18.5 Å². The number of imidazole rings is 1. The Bertz CT molecular complexity index is 649. The fourth-order valence-corrected chi connectivity index (χ4v) is 2.97. The summed E-state index contributed by atoms with van der Waals surface area (Å²) in [6, 6.07) is -2.00. The van der Waals surface area contributed by atoms with E-state index in [9.17, 15) is 19.5 Å². The van der Waals surface area contributed by atoms with Gasteiger partial charge in [0.2, 0.25) is 11.8 Å². The average Bonchev–Trinajstić information content (AvgIpc) is 3.12. The van der Waals surface area contributed by atoms with Gasteiger partial charge in [-0.15, -0.1) is 0 Å². The number of aliphatic carboxylic acids is 1. The van der Waals surface area contributed by atoms with Gasteiger partial charge in [0.1, 0.15) is 6.04 Å². The van der Waals surface area contributed by atoms with E-state index < -0.39 is 42.0 Å². The SMILES string of the molecule is CC(C)CC(NC(=O)C(Cc1cnc[nH]1)NC(C)C(O)CCCC(=O)O)C(N)=O. The Hall–Kier alpha value is -2.46. The van der Waals surface area contributed by atoms with Crippen LogP contribution in [0.4, 0.5) is 0 Å². The van der Waals surface area contributed by atoms with Crippen LogP contribution in [0.3, 0.4) is 0 Å². The number of aliphatic hydroxyl groups is 1. The van der Waals surface area contributed by atoms with Crippen molar-refractivity contribution in [2.45, 2.75) is 77.1 Å². The molecule has 0 fully saturated rings. The maximum Gasteiger partial charge on any atom is 0.303 e. The molecule has 0 spiro atoms. The van der Waals surface area contributed by atoms with Gasteiger partial charge in [-0.25, -0.2) is 4.98 Å². The second kappa shape index (κ2) is 12.2. The second-order valence-electron chi connectivity index (χ2n) is 7.74. The zero-order chi connectivity index (χ0) is 22.0. The van der Waals surface area contributed by atoms with Crippen LogP contribution in [-0.2, 0) is 20.8 Å². The number of rotatable bonds is 14. The number of hydrogen-bond donors (Lipinski definition) is 6. The molecule has 1 aromatic heterocycles.